The van der Waals surface area contributed by atoms with E-state index in [2.05, 4.69) is 36.1 Å². The van der Waals surface area contributed by atoms with Gasteiger partial charge in [0.05, 0.1) is 18.0 Å². The third-order valence-electron chi connectivity index (χ3n) is 3.16. The van der Waals surface area contributed by atoms with Gasteiger partial charge in [0.1, 0.15) is 0 Å². The molecule has 0 fully saturated rings. The number of imidazole rings is 1. The Morgan fingerprint density at radius 3 is 3.05 bits per heavy atom. The highest BCUT2D eigenvalue weighted by Gasteiger charge is 2.10. The average molecular weight is 299 g/mol. The fraction of sp³-hybridized carbons (Fsp3) is 0.250. The first-order valence-electron chi connectivity index (χ1n) is 6.56. The van der Waals surface area contributed by atoms with E-state index in [0.717, 1.165) is 10.8 Å². The number of rotatable bonds is 5. The van der Waals surface area contributed by atoms with Gasteiger partial charge in [0.2, 0.25) is 5.91 Å². The number of thioether (sulfide) groups is 1. The van der Waals surface area contributed by atoms with Crippen molar-refractivity contribution in [1.29, 1.82) is 0 Å². The Kier molecular flexibility index (Phi) is 5.07. The molecule has 21 heavy (non-hydrogen) atoms. The maximum atomic E-state index is 11.6. The Bertz CT molecular complexity index is 685. The number of terminal acetylenes is 1. The number of carbonyl (C=O) groups is 1. The predicted octanol–water partition coefficient (Wildman–Crippen LogP) is 2.33. The Hall–Kier alpha value is -2.19. The second-order valence-electron chi connectivity index (χ2n) is 4.57. The third-order valence-corrected chi connectivity index (χ3v) is 4.13. The van der Waals surface area contributed by atoms with Crippen LogP contribution in [0.3, 0.4) is 0 Å². The van der Waals surface area contributed by atoms with Crippen LogP contribution in [0.1, 0.15) is 11.1 Å². The summed E-state index contributed by atoms with van der Waals surface area (Å²) in [7, 11) is 0. The van der Waals surface area contributed by atoms with Gasteiger partial charge in [-0.3, -0.25) is 9.36 Å². The number of aromatic nitrogens is 2. The van der Waals surface area contributed by atoms with Crippen molar-refractivity contribution in [1.82, 2.24) is 14.9 Å². The summed E-state index contributed by atoms with van der Waals surface area (Å²) in [4.78, 5) is 15.9. The van der Waals surface area contributed by atoms with Gasteiger partial charge in [0.15, 0.2) is 5.16 Å². The van der Waals surface area contributed by atoms with Crippen molar-refractivity contribution in [2.45, 2.75) is 19.0 Å². The zero-order valence-electron chi connectivity index (χ0n) is 12.1. The van der Waals surface area contributed by atoms with E-state index in [-0.39, 0.29) is 12.5 Å². The normalized spacial score (nSPS) is 10.1. The molecule has 0 aliphatic rings. The molecule has 1 N–H and O–H groups in total. The van der Waals surface area contributed by atoms with Gasteiger partial charge in [-0.2, -0.15) is 0 Å². The lowest BCUT2D eigenvalue weighted by molar-refractivity contribution is -0.118. The first-order valence-corrected chi connectivity index (χ1v) is 7.55. The number of nitrogens with one attached hydrogen (secondary N) is 1. The summed E-state index contributed by atoms with van der Waals surface area (Å²) >= 11 is 1.39. The van der Waals surface area contributed by atoms with Gasteiger partial charge in [-0.25, -0.2) is 4.98 Å². The summed E-state index contributed by atoms with van der Waals surface area (Å²) in [6, 6.07) is 6.15. The molecule has 1 amide bonds. The molecule has 1 aromatic carbocycles. The second-order valence-corrected chi connectivity index (χ2v) is 5.51. The van der Waals surface area contributed by atoms with Crippen molar-refractivity contribution < 1.29 is 4.79 Å². The number of nitrogens with zero attached hydrogens (tertiary/aromatic N) is 2. The van der Waals surface area contributed by atoms with Crippen LogP contribution < -0.4 is 5.32 Å². The van der Waals surface area contributed by atoms with Gasteiger partial charge < -0.3 is 5.32 Å². The molecule has 2 rings (SSSR count). The lowest BCUT2D eigenvalue weighted by Gasteiger charge is -2.12. The van der Waals surface area contributed by atoms with E-state index in [0.29, 0.717) is 5.75 Å². The van der Waals surface area contributed by atoms with Crippen LogP contribution in [0.5, 0.6) is 0 Å². The molecule has 0 bridgehead atoms. The Labute approximate surface area is 129 Å². The molecule has 1 heterocycles. The fourth-order valence-corrected chi connectivity index (χ4v) is 2.70. The summed E-state index contributed by atoms with van der Waals surface area (Å²) < 4.78 is 2.00. The van der Waals surface area contributed by atoms with Gasteiger partial charge in [-0.1, -0.05) is 29.8 Å². The van der Waals surface area contributed by atoms with E-state index in [4.69, 9.17) is 6.42 Å². The number of benzene rings is 1. The third kappa shape index (κ3) is 3.67. The first-order chi connectivity index (χ1) is 10.1. The molecule has 0 saturated carbocycles. The van der Waals surface area contributed by atoms with Crippen LogP contribution in [-0.2, 0) is 4.79 Å². The predicted molar refractivity (Wildman–Crippen MR) is 85.6 cm³/mol. The SMILES string of the molecule is C#CCNC(=O)CSc1nccn1-c1cccc(C)c1C. The van der Waals surface area contributed by atoms with Crippen LogP contribution >= 0.6 is 11.8 Å². The van der Waals surface area contributed by atoms with Gasteiger partial charge in [-0.15, -0.1) is 6.42 Å². The molecular formula is C16H17N3OS. The van der Waals surface area contributed by atoms with E-state index >= 15 is 0 Å². The van der Waals surface area contributed by atoms with E-state index < -0.39 is 0 Å². The molecule has 4 nitrogen and oxygen atoms in total. The highest BCUT2D eigenvalue weighted by Crippen LogP contribution is 2.23. The molecule has 108 valence electrons. The van der Waals surface area contributed by atoms with Crippen molar-refractivity contribution >= 4 is 17.7 Å². The minimum absolute atomic E-state index is 0.0894. The van der Waals surface area contributed by atoms with E-state index in [1.807, 2.05) is 22.9 Å². The first kappa shape index (κ1) is 15.2. The van der Waals surface area contributed by atoms with Crippen molar-refractivity contribution in [3.8, 4) is 18.0 Å². The van der Waals surface area contributed by atoms with Crippen LogP contribution in [-0.4, -0.2) is 27.8 Å². The van der Waals surface area contributed by atoms with Crippen LogP contribution in [0.25, 0.3) is 5.69 Å². The molecule has 0 saturated heterocycles. The lowest BCUT2D eigenvalue weighted by atomic mass is 10.1. The summed E-state index contributed by atoms with van der Waals surface area (Å²) in [5.74, 6) is 2.59. The molecule has 0 radical (unpaired) electrons. The van der Waals surface area contributed by atoms with E-state index in [9.17, 15) is 4.79 Å². The van der Waals surface area contributed by atoms with Crippen LogP contribution in [0.4, 0.5) is 0 Å². The zero-order chi connectivity index (χ0) is 15.2. The fourth-order valence-electron chi connectivity index (χ4n) is 1.91. The molecule has 0 aliphatic carbocycles. The van der Waals surface area contributed by atoms with Crippen LogP contribution in [0, 0.1) is 26.2 Å². The number of carbonyl (C=O) groups excluding carboxylic acids is 1. The molecule has 0 unspecified atom stereocenters. The van der Waals surface area contributed by atoms with Gasteiger partial charge in [0, 0.05) is 12.4 Å². The molecule has 5 heteroatoms. The topological polar surface area (TPSA) is 46.9 Å². The van der Waals surface area contributed by atoms with Crippen molar-refractivity contribution in [3.05, 3.63) is 41.7 Å². The summed E-state index contributed by atoms with van der Waals surface area (Å²) in [5.41, 5.74) is 3.51. The largest absolute Gasteiger partial charge is 0.344 e. The van der Waals surface area contributed by atoms with Crippen LogP contribution in [0.15, 0.2) is 35.7 Å². The standard InChI is InChI=1S/C16H17N3OS/c1-4-8-17-15(20)11-21-16-18-9-10-19(16)14-7-5-6-12(2)13(14)3/h1,5-7,9-10H,8,11H2,2-3H3,(H,17,20). The Morgan fingerprint density at radius 2 is 2.29 bits per heavy atom. The maximum Gasteiger partial charge on any atom is 0.231 e. The number of aryl methyl sites for hydroxylation is 1. The highest BCUT2D eigenvalue weighted by atomic mass is 32.2. The quantitative estimate of drug-likeness (QED) is 0.681. The number of amides is 1. The smallest absolute Gasteiger partial charge is 0.231 e. The van der Waals surface area contributed by atoms with Crippen molar-refractivity contribution in [2.75, 3.05) is 12.3 Å². The Balaban J connectivity index is 2.14. The number of hydrogen-bond acceptors (Lipinski definition) is 3. The average Bonchev–Trinajstić information content (AvgIpc) is 2.94. The molecular weight excluding hydrogens is 282 g/mol. The molecule has 0 spiro atoms. The van der Waals surface area contributed by atoms with Gasteiger partial charge in [0.25, 0.3) is 0 Å². The molecule has 0 atom stereocenters. The summed E-state index contributed by atoms with van der Waals surface area (Å²) in [6.07, 6.45) is 8.76. The maximum absolute atomic E-state index is 11.6. The minimum atomic E-state index is -0.0894. The number of hydrogen-bond donors (Lipinski definition) is 1. The van der Waals surface area contributed by atoms with Crippen molar-refractivity contribution in [2.24, 2.45) is 0 Å². The van der Waals surface area contributed by atoms with Crippen LogP contribution in [0.2, 0.25) is 0 Å². The molecule has 1 aromatic heterocycles. The highest BCUT2D eigenvalue weighted by molar-refractivity contribution is 7.99. The lowest BCUT2D eigenvalue weighted by Crippen LogP contribution is -2.25. The van der Waals surface area contributed by atoms with Gasteiger partial charge >= 0.3 is 0 Å². The molecule has 0 aliphatic heterocycles. The second kappa shape index (κ2) is 7.00. The minimum Gasteiger partial charge on any atom is -0.344 e. The summed E-state index contributed by atoms with van der Waals surface area (Å²) in [5, 5.41) is 3.43. The van der Waals surface area contributed by atoms with E-state index in [1.54, 1.807) is 6.20 Å². The van der Waals surface area contributed by atoms with Gasteiger partial charge in [-0.05, 0) is 31.0 Å². The van der Waals surface area contributed by atoms with Crippen molar-refractivity contribution in [3.63, 3.8) is 0 Å². The monoisotopic (exact) mass is 299 g/mol. The Morgan fingerprint density at radius 1 is 1.48 bits per heavy atom. The summed E-state index contributed by atoms with van der Waals surface area (Å²) in [6.45, 7) is 4.42. The van der Waals surface area contributed by atoms with E-state index in [1.165, 1.54) is 22.9 Å². The zero-order valence-corrected chi connectivity index (χ0v) is 12.9. The molecule has 2 aromatic rings.